The van der Waals surface area contributed by atoms with E-state index in [1.165, 1.54) is 33.4 Å². The summed E-state index contributed by atoms with van der Waals surface area (Å²) in [5.74, 6) is 1.97. The van der Waals surface area contributed by atoms with Crippen molar-refractivity contribution in [3.63, 3.8) is 0 Å². The van der Waals surface area contributed by atoms with Crippen molar-refractivity contribution < 1.29 is 19.7 Å². The highest BCUT2D eigenvalue weighted by molar-refractivity contribution is 6.08. The highest BCUT2D eigenvalue weighted by Crippen LogP contribution is 2.53. The number of phenols is 2. The summed E-state index contributed by atoms with van der Waals surface area (Å²) in [6.07, 6.45) is 5.08. The summed E-state index contributed by atoms with van der Waals surface area (Å²) in [6, 6.07) is 37.7. The Labute approximate surface area is 249 Å². The molecule has 2 aliphatic rings. The van der Waals surface area contributed by atoms with Gasteiger partial charge in [0.2, 0.25) is 0 Å². The van der Waals surface area contributed by atoms with Crippen molar-refractivity contribution in [3.05, 3.63) is 149 Å². The van der Waals surface area contributed by atoms with E-state index in [0.717, 1.165) is 45.4 Å². The Morgan fingerprint density at radius 1 is 0.698 bits per heavy atom. The normalized spacial score (nSPS) is 14.1. The van der Waals surface area contributed by atoms with Gasteiger partial charge < -0.3 is 19.7 Å². The lowest BCUT2D eigenvalue weighted by molar-refractivity contribution is 0.163. The Hall–Kier alpha value is -5.48. The van der Waals surface area contributed by atoms with E-state index in [4.69, 9.17) is 9.47 Å². The van der Waals surface area contributed by atoms with E-state index in [-0.39, 0.29) is 11.5 Å². The molecule has 4 heteroatoms. The minimum atomic E-state index is -0.971. The van der Waals surface area contributed by atoms with Crippen LogP contribution in [0.2, 0.25) is 0 Å². The molecular formula is C39H28O4. The van der Waals surface area contributed by atoms with Gasteiger partial charge in [-0.1, -0.05) is 78.9 Å². The lowest BCUT2D eigenvalue weighted by atomic mass is 9.82. The number of rotatable bonds is 4. The molecule has 0 bridgehead atoms. The average Bonchev–Trinajstić information content (AvgIpc) is 3.44. The molecule has 0 fully saturated rings. The van der Waals surface area contributed by atoms with E-state index in [1.54, 1.807) is 31.4 Å². The van der Waals surface area contributed by atoms with Crippen molar-refractivity contribution in [2.75, 3.05) is 7.11 Å². The van der Waals surface area contributed by atoms with Crippen molar-refractivity contribution in [3.8, 4) is 45.3 Å². The van der Waals surface area contributed by atoms with Gasteiger partial charge in [-0.25, -0.2) is 0 Å². The van der Waals surface area contributed by atoms with Gasteiger partial charge in [0.15, 0.2) is 5.60 Å². The molecule has 43 heavy (non-hydrogen) atoms. The van der Waals surface area contributed by atoms with Crippen molar-refractivity contribution in [2.24, 2.45) is 0 Å². The van der Waals surface area contributed by atoms with Crippen molar-refractivity contribution >= 4 is 16.8 Å². The highest BCUT2D eigenvalue weighted by Gasteiger charge is 2.40. The van der Waals surface area contributed by atoms with E-state index in [9.17, 15) is 10.2 Å². The predicted molar refractivity (Wildman–Crippen MR) is 171 cm³/mol. The molecule has 2 N–H and O–H groups in total. The molecule has 1 aliphatic heterocycles. The van der Waals surface area contributed by atoms with Crippen LogP contribution in [0.1, 0.15) is 27.8 Å². The smallest absolute Gasteiger partial charge is 0.178 e. The quantitative estimate of drug-likeness (QED) is 0.226. The second kappa shape index (κ2) is 9.53. The predicted octanol–water partition coefficient (Wildman–Crippen LogP) is 8.85. The molecule has 0 saturated heterocycles. The van der Waals surface area contributed by atoms with E-state index >= 15 is 0 Å². The molecule has 4 nitrogen and oxygen atoms in total. The maximum Gasteiger partial charge on any atom is 0.178 e. The SMILES string of the molecule is COc1ccc2c3c(c4c(c2c1)-c1ccc(-c2ccccc2)cc1C4)C=CC(c1ccc(O)cc1)(c1ccc(O)cc1)O3. The fourth-order valence-electron chi connectivity index (χ4n) is 6.69. The molecule has 0 radical (unpaired) electrons. The zero-order valence-corrected chi connectivity index (χ0v) is 23.5. The zero-order valence-electron chi connectivity index (χ0n) is 23.5. The summed E-state index contributed by atoms with van der Waals surface area (Å²) in [5, 5.41) is 22.2. The summed E-state index contributed by atoms with van der Waals surface area (Å²) in [6.45, 7) is 0. The minimum absolute atomic E-state index is 0.188. The molecule has 0 atom stereocenters. The average molecular weight is 561 g/mol. The van der Waals surface area contributed by atoms with Crippen LogP contribution < -0.4 is 9.47 Å². The molecule has 0 aromatic heterocycles. The van der Waals surface area contributed by atoms with Crippen LogP contribution in [0.5, 0.6) is 23.0 Å². The van der Waals surface area contributed by atoms with Gasteiger partial charge in [-0.3, -0.25) is 0 Å². The van der Waals surface area contributed by atoms with Crippen LogP contribution in [0.3, 0.4) is 0 Å². The van der Waals surface area contributed by atoms with E-state index < -0.39 is 5.60 Å². The van der Waals surface area contributed by atoms with E-state index in [2.05, 4.69) is 66.7 Å². The molecule has 0 saturated carbocycles. The summed E-state index contributed by atoms with van der Waals surface area (Å²) >= 11 is 0. The molecule has 1 aliphatic carbocycles. The molecule has 208 valence electrons. The highest BCUT2D eigenvalue weighted by atomic mass is 16.5. The zero-order chi connectivity index (χ0) is 29.1. The Bertz CT molecular complexity index is 2010. The van der Waals surface area contributed by atoms with Gasteiger partial charge in [-0.2, -0.15) is 0 Å². The van der Waals surface area contributed by atoms with Crippen LogP contribution in [-0.4, -0.2) is 17.3 Å². The Morgan fingerprint density at radius 2 is 1.40 bits per heavy atom. The Kier molecular flexibility index (Phi) is 5.60. The summed E-state index contributed by atoms with van der Waals surface area (Å²) in [4.78, 5) is 0. The maximum absolute atomic E-state index is 10.1. The van der Waals surface area contributed by atoms with E-state index in [0.29, 0.717) is 0 Å². The first-order valence-corrected chi connectivity index (χ1v) is 14.4. The topological polar surface area (TPSA) is 58.9 Å². The van der Waals surface area contributed by atoms with Gasteiger partial charge in [-0.05, 0) is 93.7 Å². The van der Waals surface area contributed by atoms with Crippen LogP contribution in [0.4, 0.5) is 0 Å². The van der Waals surface area contributed by atoms with Crippen molar-refractivity contribution in [1.82, 2.24) is 0 Å². The maximum atomic E-state index is 10.1. The number of methoxy groups -OCH3 is 1. The third-order valence-electron chi connectivity index (χ3n) is 8.80. The number of benzene rings is 6. The van der Waals surface area contributed by atoms with Gasteiger partial charge in [0.05, 0.1) is 7.11 Å². The molecular weight excluding hydrogens is 532 g/mol. The fourth-order valence-corrected chi connectivity index (χ4v) is 6.69. The second-order valence-corrected chi connectivity index (χ2v) is 11.2. The first-order chi connectivity index (χ1) is 21.0. The molecule has 8 rings (SSSR count). The lowest BCUT2D eigenvalue weighted by Gasteiger charge is -2.37. The van der Waals surface area contributed by atoms with E-state index in [1.807, 2.05) is 36.4 Å². The van der Waals surface area contributed by atoms with Crippen LogP contribution in [0.15, 0.2) is 121 Å². The first-order valence-electron chi connectivity index (χ1n) is 14.4. The second-order valence-electron chi connectivity index (χ2n) is 11.2. The molecule has 6 aromatic rings. The van der Waals surface area contributed by atoms with Gasteiger partial charge in [-0.15, -0.1) is 0 Å². The van der Waals surface area contributed by atoms with Crippen LogP contribution >= 0.6 is 0 Å². The van der Waals surface area contributed by atoms with Gasteiger partial charge in [0, 0.05) is 22.1 Å². The Balaban J connectivity index is 1.36. The van der Waals surface area contributed by atoms with Gasteiger partial charge in [0.1, 0.15) is 23.0 Å². The largest absolute Gasteiger partial charge is 0.508 e. The molecule has 0 unspecified atom stereocenters. The van der Waals surface area contributed by atoms with Crippen LogP contribution in [0, 0.1) is 0 Å². The standard InChI is InChI=1S/C39H28O4/c1-42-31-16-18-33-36(23-31)37-32-17-7-25(24-5-3-2-4-6-24)21-26(32)22-35(37)34-19-20-39(43-38(33)34,27-8-12-29(40)13-9-27)28-10-14-30(41)15-11-28/h2-21,23,40-41H,22H2,1H3. The van der Waals surface area contributed by atoms with Gasteiger partial charge in [0.25, 0.3) is 0 Å². The van der Waals surface area contributed by atoms with Gasteiger partial charge >= 0.3 is 0 Å². The van der Waals surface area contributed by atoms with Crippen molar-refractivity contribution in [1.29, 1.82) is 0 Å². The monoisotopic (exact) mass is 560 g/mol. The minimum Gasteiger partial charge on any atom is -0.508 e. The number of fused-ring (bicyclic) bond motifs is 8. The third kappa shape index (κ3) is 3.91. The number of hydrogen-bond acceptors (Lipinski definition) is 4. The number of aromatic hydroxyl groups is 2. The van der Waals surface area contributed by atoms with Crippen LogP contribution in [0.25, 0.3) is 39.1 Å². The molecule has 0 amide bonds. The lowest BCUT2D eigenvalue weighted by Crippen LogP contribution is -2.34. The third-order valence-corrected chi connectivity index (χ3v) is 8.80. The summed E-state index contributed by atoms with van der Waals surface area (Å²) in [7, 11) is 1.69. The fraction of sp³-hybridized carbons (Fsp3) is 0.0769. The number of ether oxygens (including phenoxy) is 2. The first kappa shape index (κ1) is 25.2. The van der Waals surface area contributed by atoms with Crippen molar-refractivity contribution in [2.45, 2.75) is 12.0 Å². The van der Waals surface area contributed by atoms with Crippen LogP contribution in [-0.2, 0) is 12.0 Å². The number of phenolic OH excluding ortho intramolecular Hbond substituents is 2. The molecule has 1 heterocycles. The molecule has 0 spiro atoms. The molecule has 6 aromatic carbocycles. The summed E-state index contributed by atoms with van der Waals surface area (Å²) < 4.78 is 12.9. The summed E-state index contributed by atoms with van der Waals surface area (Å²) in [5.41, 5.74) is 9.22. The Morgan fingerprint density at radius 3 is 2.07 bits per heavy atom. The number of hydrogen-bond donors (Lipinski definition) is 2.